The summed E-state index contributed by atoms with van der Waals surface area (Å²) in [5.74, 6) is 2.62. The molecule has 6 heteroatoms. The highest BCUT2D eigenvalue weighted by Gasteiger charge is 2.08. The molecule has 0 fully saturated rings. The van der Waals surface area contributed by atoms with E-state index in [9.17, 15) is 0 Å². The van der Waals surface area contributed by atoms with E-state index >= 15 is 0 Å². The fraction of sp³-hybridized carbons (Fsp3) is 0.267. The van der Waals surface area contributed by atoms with E-state index in [0.29, 0.717) is 6.54 Å². The minimum atomic E-state index is 0.673. The van der Waals surface area contributed by atoms with Crippen LogP contribution in [0.4, 0.5) is 5.69 Å². The van der Waals surface area contributed by atoms with Crippen molar-refractivity contribution < 1.29 is 4.52 Å². The molecular weight excluding hydrogens is 266 g/mol. The third kappa shape index (κ3) is 2.65. The van der Waals surface area contributed by atoms with Gasteiger partial charge in [0.25, 0.3) is 0 Å². The first-order valence-corrected chi connectivity index (χ1v) is 6.77. The van der Waals surface area contributed by atoms with Crippen LogP contribution in [0.25, 0.3) is 5.82 Å². The Kier molecular flexibility index (Phi) is 3.43. The van der Waals surface area contributed by atoms with Gasteiger partial charge in [-0.1, -0.05) is 5.16 Å². The maximum atomic E-state index is 5.15. The maximum Gasteiger partial charge on any atom is 0.138 e. The van der Waals surface area contributed by atoms with Crippen LogP contribution in [-0.2, 0) is 6.54 Å². The molecule has 0 radical (unpaired) electrons. The van der Waals surface area contributed by atoms with Crippen LogP contribution in [0.5, 0.6) is 0 Å². The number of rotatable bonds is 4. The van der Waals surface area contributed by atoms with Crippen molar-refractivity contribution >= 4 is 5.69 Å². The maximum absolute atomic E-state index is 5.15. The molecule has 0 aliphatic rings. The van der Waals surface area contributed by atoms with E-state index in [2.05, 4.69) is 20.4 Å². The van der Waals surface area contributed by atoms with Crippen molar-refractivity contribution in [1.82, 2.24) is 19.7 Å². The minimum absolute atomic E-state index is 0.673. The molecule has 0 aliphatic heterocycles. The van der Waals surface area contributed by atoms with Gasteiger partial charge in [-0.3, -0.25) is 4.57 Å². The van der Waals surface area contributed by atoms with Crippen molar-refractivity contribution in [3.63, 3.8) is 0 Å². The Morgan fingerprint density at radius 1 is 1.19 bits per heavy atom. The molecule has 108 valence electrons. The second kappa shape index (κ2) is 5.40. The summed E-state index contributed by atoms with van der Waals surface area (Å²) in [6, 6.07) is 3.96. The van der Waals surface area contributed by atoms with Gasteiger partial charge in [0, 0.05) is 24.5 Å². The van der Waals surface area contributed by atoms with Crippen molar-refractivity contribution in [3.05, 3.63) is 53.6 Å². The summed E-state index contributed by atoms with van der Waals surface area (Å²) in [6.45, 7) is 6.48. The van der Waals surface area contributed by atoms with Gasteiger partial charge < -0.3 is 9.84 Å². The molecule has 3 rings (SSSR count). The van der Waals surface area contributed by atoms with Crippen LogP contribution >= 0.6 is 0 Å². The molecule has 0 unspecified atom stereocenters. The SMILES string of the molecule is Cc1noc(C)c1CNc1ccc(-n2ccnc2C)nc1. The van der Waals surface area contributed by atoms with E-state index in [0.717, 1.165) is 34.3 Å². The molecule has 0 aliphatic carbocycles. The molecular formula is C15H17N5O. The van der Waals surface area contributed by atoms with E-state index in [1.54, 1.807) is 6.20 Å². The number of nitrogens with zero attached hydrogens (tertiary/aromatic N) is 4. The smallest absolute Gasteiger partial charge is 0.138 e. The van der Waals surface area contributed by atoms with Crippen LogP contribution in [-0.4, -0.2) is 19.7 Å². The van der Waals surface area contributed by atoms with Crippen molar-refractivity contribution in [1.29, 1.82) is 0 Å². The summed E-state index contributed by atoms with van der Waals surface area (Å²) in [7, 11) is 0. The number of aromatic nitrogens is 4. The average molecular weight is 283 g/mol. The quantitative estimate of drug-likeness (QED) is 0.797. The molecule has 0 atom stereocenters. The number of pyridine rings is 1. The van der Waals surface area contributed by atoms with Gasteiger partial charge in [-0.2, -0.15) is 0 Å². The summed E-state index contributed by atoms with van der Waals surface area (Å²) in [5.41, 5.74) is 2.96. The highest BCUT2D eigenvalue weighted by atomic mass is 16.5. The van der Waals surface area contributed by atoms with E-state index in [1.807, 2.05) is 49.9 Å². The first kappa shape index (κ1) is 13.4. The van der Waals surface area contributed by atoms with Crippen LogP contribution < -0.4 is 5.32 Å². The fourth-order valence-electron chi connectivity index (χ4n) is 2.20. The predicted molar refractivity (Wildman–Crippen MR) is 79.4 cm³/mol. The lowest BCUT2D eigenvalue weighted by Gasteiger charge is -2.08. The van der Waals surface area contributed by atoms with Crippen molar-refractivity contribution in [3.8, 4) is 5.82 Å². The summed E-state index contributed by atoms with van der Waals surface area (Å²) in [4.78, 5) is 8.64. The van der Waals surface area contributed by atoms with Gasteiger partial charge in [-0.15, -0.1) is 0 Å². The van der Waals surface area contributed by atoms with Gasteiger partial charge in [0.2, 0.25) is 0 Å². The molecule has 1 N–H and O–H groups in total. The Morgan fingerprint density at radius 3 is 2.62 bits per heavy atom. The van der Waals surface area contributed by atoms with Crippen molar-refractivity contribution in [2.45, 2.75) is 27.3 Å². The molecule has 0 saturated heterocycles. The number of anilines is 1. The first-order chi connectivity index (χ1) is 10.1. The van der Waals surface area contributed by atoms with Gasteiger partial charge in [0.05, 0.1) is 17.6 Å². The highest BCUT2D eigenvalue weighted by molar-refractivity contribution is 5.45. The van der Waals surface area contributed by atoms with Gasteiger partial charge in [0.1, 0.15) is 17.4 Å². The van der Waals surface area contributed by atoms with Gasteiger partial charge in [-0.25, -0.2) is 9.97 Å². The molecule has 0 bridgehead atoms. The Balaban J connectivity index is 1.72. The van der Waals surface area contributed by atoms with E-state index in [-0.39, 0.29) is 0 Å². The predicted octanol–water partition coefficient (Wildman–Crippen LogP) is 2.79. The fourth-order valence-corrected chi connectivity index (χ4v) is 2.20. The Morgan fingerprint density at radius 2 is 2.05 bits per heavy atom. The normalized spacial score (nSPS) is 10.8. The summed E-state index contributed by atoms with van der Waals surface area (Å²) < 4.78 is 7.09. The summed E-state index contributed by atoms with van der Waals surface area (Å²) in [6.07, 6.45) is 5.47. The second-order valence-corrected chi connectivity index (χ2v) is 4.91. The molecule has 21 heavy (non-hydrogen) atoms. The van der Waals surface area contributed by atoms with E-state index < -0.39 is 0 Å². The van der Waals surface area contributed by atoms with Gasteiger partial charge in [-0.05, 0) is 32.9 Å². The number of aryl methyl sites for hydroxylation is 3. The molecule has 0 amide bonds. The van der Waals surface area contributed by atoms with Crippen molar-refractivity contribution in [2.75, 3.05) is 5.32 Å². The monoisotopic (exact) mass is 283 g/mol. The third-order valence-corrected chi connectivity index (χ3v) is 3.47. The van der Waals surface area contributed by atoms with Crippen LogP contribution in [0.1, 0.15) is 22.8 Å². The average Bonchev–Trinajstić information content (AvgIpc) is 3.04. The summed E-state index contributed by atoms with van der Waals surface area (Å²) >= 11 is 0. The van der Waals surface area contributed by atoms with Crippen LogP contribution in [0.15, 0.2) is 35.2 Å². The number of nitrogens with one attached hydrogen (secondary N) is 1. The zero-order valence-corrected chi connectivity index (χ0v) is 12.3. The lowest BCUT2D eigenvalue weighted by Crippen LogP contribution is -2.03. The van der Waals surface area contributed by atoms with Crippen LogP contribution in [0, 0.1) is 20.8 Å². The largest absolute Gasteiger partial charge is 0.380 e. The molecule has 6 nitrogen and oxygen atoms in total. The van der Waals surface area contributed by atoms with Crippen molar-refractivity contribution in [2.24, 2.45) is 0 Å². The van der Waals surface area contributed by atoms with Crippen LogP contribution in [0.2, 0.25) is 0 Å². The number of imidazole rings is 1. The topological polar surface area (TPSA) is 68.8 Å². The second-order valence-electron chi connectivity index (χ2n) is 4.91. The minimum Gasteiger partial charge on any atom is -0.380 e. The Hall–Kier alpha value is -2.63. The van der Waals surface area contributed by atoms with Gasteiger partial charge in [0.15, 0.2) is 0 Å². The molecule has 3 aromatic heterocycles. The lowest BCUT2D eigenvalue weighted by atomic mass is 10.2. The molecule has 0 spiro atoms. The molecule has 3 aromatic rings. The third-order valence-electron chi connectivity index (χ3n) is 3.47. The highest BCUT2D eigenvalue weighted by Crippen LogP contribution is 2.16. The number of hydrogen-bond acceptors (Lipinski definition) is 5. The van der Waals surface area contributed by atoms with E-state index in [1.165, 1.54) is 0 Å². The Bertz CT molecular complexity index is 722. The zero-order valence-electron chi connectivity index (χ0n) is 12.3. The van der Waals surface area contributed by atoms with E-state index in [4.69, 9.17) is 4.52 Å². The number of hydrogen-bond donors (Lipinski definition) is 1. The van der Waals surface area contributed by atoms with Crippen LogP contribution in [0.3, 0.4) is 0 Å². The standard InChI is InChI=1S/C15H17N5O/c1-10-14(11(2)21-19-10)9-17-13-4-5-15(18-8-13)20-7-6-16-12(20)3/h4-8,17H,9H2,1-3H3. The summed E-state index contributed by atoms with van der Waals surface area (Å²) in [5, 5.41) is 7.27. The molecule has 0 saturated carbocycles. The van der Waals surface area contributed by atoms with Gasteiger partial charge >= 0.3 is 0 Å². The molecule has 3 heterocycles. The zero-order chi connectivity index (χ0) is 14.8. The lowest BCUT2D eigenvalue weighted by molar-refractivity contribution is 0.392. The first-order valence-electron chi connectivity index (χ1n) is 6.77. The Labute approximate surface area is 122 Å². The molecule has 0 aromatic carbocycles.